The minimum Gasteiger partial charge on any atom is -0.507 e. The number of likely N-dealkylation sites (tertiary alicyclic amines) is 1. The van der Waals surface area contributed by atoms with Gasteiger partial charge in [0.15, 0.2) is 5.76 Å². The Morgan fingerprint density at radius 3 is 2.73 bits per heavy atom. The first-order chi connectivity index (χ1) is 14.2. The van der Waals surface area contributed by atoms with Crippen LogP contribution in [0.2, 0.25) is 0 Å². The van der Waals surface area contributed by atoms with Gasteiger partial charge in [0.2, 0.25) is 5.91 Å². The van der Waals surface area contributed by atoms with Crippen molar-refractivity contribution in [2.24, 2.45) is 26.9 Å². The van der Waals surface area contributed by atoms with E-state index < -0.39 is 18.8 Å². The second-order valence-corrected chi connectivity index (χ2v) is 8.07. The zero-order chi connectivity index (χ0) is 21.6. The van der Waals surface area contributed by atoms with E-state index >= 15 is 0 Å². The summed E-state index contributed by atoms with van der Waals surface area (Å²) >= 11 is 0. The molecule has 1 fully saturated rings. The van der Waals surface area contributed by atoms with Crippen molar-refractivity contribution in [2.45, 2.75) is 50.5 Å². The summed E-state index contributed by atoms with van der Waals surface area (Å²) in [6.07, 6.45) is 0.454. The Morgan fingerprint density at radius 2 is 2.07 bits per heavy atom. The molecule has 4 rings (SSSR count). The molecule has 5 unspecified atom stereocenters. The monoisotopic (exact) mass is 427 g/mol. The number of methoxy groups -OCH3 is 1. The highest BCUT2D eigenvalue weighted by Crippen LogP contribution is 2.36. The van der Waals surface area contributed by atoms with E-state index in [2.05, 4.69) is 10.1 Å². The van der Waals surface area contributed by atoms with Crippen molar-refractivity contribution in [3.63, 3.8) is 0 Å². The lowest BCUT2D eigenvalue weighted by molar-refractivity contribution is -0.146. The van der Waals surface area contributed by atoms with E-state index in [0.717, 1.165) is 10.7 Å². The number of fused-ring (bicyclic) bond motifs is 1. The predicted octanol–water partition coefficient (Wildman–Crippen LogP) is 2.13. The first-order valence-electron chi connectivity index (χ1n) is 9.93. The van der Waals surface area contributed by atoms with E-state index in [-0.39, 0.29) is 48.0 Å². The molecule has 4 heterocycles. The lowest BCUT2D eigenvalue weighted by atomic mass is 9.84. The van der Waals surface area contributed by atoms with Crippen molar-refractivity contribution in [2.75, 3.05) is 20.2 Å². The Balaban J connectivity index is 1.47. The Hall–Kier alpha value is -2.59. The van der Waals surface area contributed by atoms with Crippen LogP contribution in [-0.4, -0.2) is 83.6 Å². The molecule has 1 amide bonds. The Labute approximate surface area is 171 Å². The smallest absolute Gasteiger partial charge is 0.407 e. The van der Waals surface area contributed by atoms with E-state index in [4.69, 9.17) is 9.73 Å². The topological polar surface area (TPSA) is 90.1 Å². The van der Waals surface area contributed by atoms with E-state index in [1.54, 1.807) is 11.1 Å². The molecule has 0 bridgehead atoms. The molecule has 30 heavy (non-hydrogen) atoms. The van der Waals surface area contributed by atoms with E-state index in [9.17, 15) is 23.1 Å². The van der Waals surface area contributed by atoms with Crippen LogP contribution in [-0.2, 0) is 9.53 Å². The van der Waals surface area contributed by atoms with Crippen molar-refractivity contribution in [1.82, 2.24) is 9.91 Å². The highest BCUT2D eigenvalue weighted by atomic mass is 19.4. The standard InChI is InChI=1S/C19H24F3N5O3/c1-10-16-13(3-4-14(25-16)11-5-15(28)17(30-2)23-6-11)18(29)27(10)12-7-24-26(8-12)9-19(20,21)22/h6-7,10-14,28H,3-5,8-9H2,1-2H3. The summed E-state index contributed by atoms with van der Waals surface area (Å²) < 4.78 is 42.9. The summed E-state index contributed by atoms with van der Waals surface area (Å²) in [6, 6.07) is -0.935. The fourth-order valence-corrected chi connectivity index (χ4v) is 4.71. The highest BCUT2D eigenvalue weighted by molar-refractivity contribution is 6.14. The molecule has 164 valence electrons. The van der Waals surface area contributed by atoms with Gasteiger partial charge in [-0.2, -0.15) is 18.3 Å². The van der Waals surface area contributed by atoms with Gasteiger partial charge in [0, 0.05) is 30.5 Å². The molecule has 11 heteroatoms. The molecular formula is C19H24F3N5O3. The third-order valence-corrected chi connectivity index (χ3v) is 6.09. The van der Waals surface area contributed by atoms with Crippen LogP contribution in [0.3, 0.4) is 0 Å². The van der Waals surface area contributed by atoms with Crippen LogP contribution in [0.1, 0.15) is 26.2 Å². The number of rotatable bonds is 4. The number of nitrogens with zero attached hydrogens (tertiary/aromatic N) is 5. The quantitative estimate of drug-likeness (QED) is 0.744. The second-order valence-electron chi connectivity index (χ2n) is 8.07. The number of aliphatic hydroxyl groups is 1. The van der Waals surface area contributed by atoms with Gasteiger partial charge in [-0.05, 0) is 19.8 Å². The number of ether oxygens (including phenoxy) is 1. The second kappa shape index (κ2) is 7.59. The number of carbonyl (C=O) groups excluding carboxylic acids is 1. The fraction of sp³-hybridized carbons (Fsp3) is 0.684. The summed E-state index contributed by atoms with van der Waals surface area (Å²) in [5.41, 5.74) is 0.758. The number of alkyl halides is 3. The average Bonchev–Trinajstić information content (AvgIpc) is 3.22. The highest BCUT2D eigenvalue weighted by Gasteiger charge is 2.49. The lowest BCUT2D eigenvalue weighted by Crippen LogP contribution is -2.46. The Bertz CT molecular complexity index is 838. The van der Waals surface area contributed by atoms with Crippen molar-refractivity contribution in [1.29, 1.82) is 0 Å². The fourth-order valence-electron chi connectivity index (χ4n) is 4.71. The van der Waals surface area contributed by atoms with Gasteiger partial charge in [-0.3, -0.25) is 14.8 Å². The van der Waals surface area contributed by atoms with Crippen LogP contribution in [0.5, 0.6) is 0 Å². The van der Waals surface area contributed by atoms with Gasteiger partial charge >= 0.3 is 6.18 Å². The third-order valence-electron chi connectivity index (χ3n) is 6.09. The number of aliphatic hydroxyl groups excluding tert-OH is 1. The van der Waals surface area contributed by atoms with Gasteiger partial charge in [0.1, 0.15) is 6.54 Å². The van der Waals surface area contributed by atoms with Crippen LogP contribution in [0, 0.1) is 11.8 Å². The van der Waals surface area contributed by atoms with Gasteiger partial charge in [-0.15, -0.1) is 0 Å². The SMILES string of the molecule is COC1=C(O)CC(C2CCC3C(=O)N(C4C=NN(CC(F)(F)F)C4)C(C)C3=N2)C=N1. The van der Waals surface area contributed by atoms with Crippen molar-refractivity contribution < 1.29 is 27.8 Å². The maximum atomic E-state index is 13.0. The number of aliphatic imine (C=N–C) groups is 2. The minimum absolute atomic E-state index is 0.0206. The number of hydrazone groups is 1. The normalized spacial score (nSPS) is 34.0. The molecule has 0 aromatic heterocycles. The van der Waals surface area contributed by atoms with Crippen molar-refractivity contribution in [3.8, 4) is 0 Å². The van der Waals surface area contributed by atoms with Crippen LogP contribution in [0.25, 0.3) is 0 Å². The number of halogens is 3. The van der Waals surface area contributed by atoms with Crippen LogP contribution in [0.15, 0.2) is 26.7 Å². The molecule has 0 aliphatic carbocycles. The maximum Gasteiger partial charge on any atom is 0.407 e. The molecule has 0 saturated carbocycles. The van der Waals surface area contributed by atoms with Gasteiger partial charge in [0.25, 0.3) is 5.88 Å². The lowest BCUT2D eigenvalue weighted by Gasteiger charge is -2.29. The van der Waals surface area contributed by atoms with Gasteiger partial charge < -0.3 is 14.7 Å². The van der Waals surface area contributed by atoms with Gasteiger partial charge in [-0.25, -0.2) is 4.99 Å². The molecule has 1 N–H and O–H groups in total. The summed E-state index contributed by atoms with van der Waals surface area (Å²) in [6.45, 7) is 0.742. The largest absolute Gasteiger partial charge is 0.507 e. The summed E-state index contributed by atoms with van der Waals surface area (Å²) in [5, 5.41) is 14.9. The number of amides is 1. The van der Waals surface area contributed by atoms with E-state index in [0.29, 0.717) is 19.3 Å². The summed E-state index contributed by atoms with van der Waals surface area (Å²) in [5.74, 6) is -0.264. The van der Waals surface area contributed by atoms with Crippen LogP contribution < -0.4 is 0 Å². The molecular weight excluding hydrogens is 403 g/mol. The average molecular weight is 427 g/mol. The number of hydrogen-bond donors (Lipinski definition) is 1. The molecule has 4 aliphatic rings. The van der Waals surface area contributed by atoms with Crippen LogP contribution in [0.4, 0.5) is 13.2 Å². The first-order valence-corrected chi connectivity index (χ1v) is 9.93. The first kappa shape index (κ1) is 20.7. The predicted molar refractivity (Wildman–Crippen MR) is 103 cm³/mol. The molecule has 0 aromatic rings. The number of hydrogen-bond acceptors (Lipinski definition) is 7. The minimum atomic E-state index is -4.34. The Kier molecular flexibility index (Phi) is 5.23. The number of allylic oxidation sites excluding steroid dienone is 1. The van der Waals surface area contributed by atoms with Gasteiger partial charge in [0.05, 0.1) is 37.7 Å². The zero-order valence-electron chi connectivity index (χ0n) is 16.7. The van der Waals surface area contributed by atoms with Crippen LogP contribution >= 0.6 is 0 Å². The molecule has 1 saturated heterocycles. The Morgan fingerprint density at radius 1 is 1.30 bits per heavy atom. The molecule has 0 spiro atoms. The van der Waals surface area contributed by atoms with Crippen molar-refractivity contribution in [3.05, 3.63) is 11.6 Å². The molecule has 5 atom stereocenters. The molecule has 8 nitrogen and oxygen atoms in total. The molecule has 4 aliphatic heterocycles. The van der Waals surface area contributed by atoms with Crippen molar-refractivity contribution >= 4 is 24.0 Å². The number of carbonyl (C=O) groups is 1. The van der Waals surface area contributed by atoms with E-state index in [1.165, 1.54) is 13.3 Å². The summed E-state index contributed by atoms with van der Waals surface area (Å²) in [4.78, 5) is 23.6. The molecule has 0 radical (unpaired) electrons. The third kappa shape index (κ3) is 3.77. The zero-order valence-corrected chi connectivity index (χ0v) is 16.7. The molecule has 0 aromatic carbocycles. The summed E-state index contributed by atoms with van der Waals surface area (Å²) in [7, 11) is 1.44. The van der Waals surface area contributed by atoms with Gasteiger partial charge in [-0.1, -0.05) is 0 Å². The maximum absolute atomic E-state index is 13.0. The van der Waals surface area contributed by atoms with E-state index in [1.807, 2.05) is 6.92 Å².